The monoisotopic (exact) mass is 494 g/mol. The summed E-state index contributed by atoms with van der Waals surface area (Å²) in [6.45, 7) is 0.150. The first kappa shape index (κ1) is 21.9. The van der Waals surface area contributed by atoms with Crippen LogP contribution in [0.25, 0.3) is 11.3 Å². The molecule has 2 aliphatic heterocycles. The topological polar surface area (TPSA) is 101 Å². The van der Waals surface area contributed by atoms with Crippen molar-refractivity contribution in [1.29, 1.82) is 0 Å². The molecule has 35 heavy (non-hydrogen) atoms. The predicted molar refractivity (Wildman–Crippen MR) is 128 cm³/mol. The van der Waals surface area contributed by atoms with E-state index >= 15 is 0 Å². The van der Waals surface area contributed by atoms with Gasteiger partial charge in [0.2, 0.25) is 11.9 Å². The molecule has 9 nitrogen and oxygen atoms in total. The second kappa shape index (κ2) is 7.70. The number of pyridine rings is 1. The van der Waals surface area contributed by atoms with E-state index in [0.717, 1.165) is 36.6 Å². The summed E-state index contributed by atoms with van der Waals surface area (Å²) in [6.07, 6.45) is 3.98. The summed E-state index contributed by atoms with van der Waals surface area (Å²) in [5.41, 5.74) is 2.12. The SMILES string of the molecule is CN1C(=O)c2c(nn(Cc3ccc(-c4cccc(F)n4)cc3)c2S(C)(=O)=O)N2C1=N[C@@H]1CCC[C@@H]12. The number of halogens is 1. The van der Waals surface area contributed by atoms with E-state index in [2.05, 4.69) is 10.1 Å². The molecular weight excluding hydrogens is 471 g/mol. The molecule has 0 N–H and O–H groups in total. The van der Waals surface area contributed by atoms with E-state index in [-0.39, 0.29) is 29.2 Å². The Hall–Kier alpha value is -3.60. The highest BCUT2D eigenvalue weighted by Crippen LogP contribution is 2.42. The normalized spacial score (nSPS) is 21.1. The molecular formula is C24H23FN6O3S. The number of carbonyl (C=O) groups is 1. The molecule has 0 unspecified atom stereocenters. The Morgan fingerprint density at radius 2 is 1.89 bits per heavy atom. The standard InChI is InChI=1S/C24H23FN6O3S/c1-29-22(32)20-21(31-18-7-3-6-17(18)27-24(29)31)28-30(23(20)35(2,33)34)13-14-9-11-15(12-10-14)16-5-4-8-19(25)26-16/h4-5,8-12,17-18H,3,6-7,13H2,1-2H3/t17-,18+/m1/s1. The number of sulfone groups is 1. The van der Waals surface area contributed by atoms with Crippen LogP contribution in [0.1, 0.15) is 35.2 Å². The minimum atomic E-state index is -3.78. The fourth-order valence-corrected chi connectivity index (χ4v) is 6.32. The zero-order valence-electron chi connectivity index (χ0n) is 19.2. The zero-order valence-corrected chi connectivity index (χ0v) is 20.0. The number of hydrogen-bond acceptors (Lipinski definition) is 7. The van der Waals surface area contributed by atoms with E-state index in [1.807, 2.05) is 17.0 Å². The Bertz CT molecular complexity index is 1500. The van der Waals surface area contributed by atoms with Gasteiger partial charge in [0.1, 0.15) is 5.56 Å². The maximum atomic E-state index is 13.5. The molecule has 2 aromatic heterocycles. The summed E-state index contributed by atoms with van der Waals surface area (Å²) in [5.74, 6) is -0.0827. The Kier molecular flexibility index (Phi) is 4.82. The highest BCUT2D eigenvalue weighted by molar-refractivity contribution is 7.90. The Balaban J connectivity index is 1.42. The average molecular weight is 495 g/mol. The third kappa shape index (κ3) is 3.44. The molecule has 0 spiro atoms. The van der Waals surface area contributed by atoms with Crippen molar-refractivity contribution in [2.45, 2.75) is 42.9 Å². The van der Waals surface area contributed by atoms with Crippen molar-refractivity contribution >= 4 is 27.5 Å². The van der Waals surface area contributed by atoms with Gasteiger partial charge in [-0.25, -0.2) is 23.1 Å². The minimum absolute atomic E-state index is 0.0770. The Morgan fingerprint density at radius 3 is 2.60 bits per heavy atom. The number of hydrogen-bond donors (Lipinski definition) is 0. The smallest absolute Gasteiger partial charge is 0.267 e. The van der Waals surface area contributed by atoms with Crippen molar-refractivity contribution in [1.82, 2.24) is 19.7 Å². The van der Waals surface area contributed by atoms with Crippen molar-refractivity contribution in [3.8, 4) is 11.3 Å². The van der Waals surface area contributed by atoms with E-state index in [1.54, 1.807) is 31.3 Å². The number of anilines is 1. The van der Waals surface area contributed by atoms with E-state index in [1.165, 1.54) is 15.6 Å². The lowest BCUT2D eigenvalue weighted by Crippen LogP contribution is -2.51. The van der Waals surface area contributed by atoms with E-state index < -0.39 is 21.7 Å². The van der Waals surface area contributed by atoms with Crippen LogP contribution in [0.4, 0.5) is 10.2 Å². The van der Waals surface area contributed by atoms with Crippen LogP contribution in [0.15, 0.2) is 52.5 Å². The van der Waals surface area contributed by atoms with Gasteiger partial charge in [0.25, 0.3) is 5.91 Å². The van der Waals surface area contributed by atoms with Gasteiger partial charge in [0.15, 0.2) is 20.7 Å². The third-order valence-electron chi connectivity index (χ3n) is 6.85. The van der Waals surface area contributed by atoms with Gasteiger partial charge < -0.3 is 0 Å². The molecule has 6 rings (SSSR count). The van der Waals surface area contributed by atoms with E-state index in [0.29, 0.717) is 17.5 Å². The van der Waals surface area contributed by atoms with Crippen LogP contribution in [0.5, 0.6) is 0 Å². The maximum absolute atomic E-state index is 13.5. The molecule has 0 radical (unpaired) electrons. The van der Waals surface area contributed by atoms with Crippen molar-refractivity contribution in [3.63, 3.8) is 0 Å². The minimum Gasteiger partial charge on any atom is -0.289 e. The number of nitrogens with zero attached hydrogens (tertiary/aromatic N) is 6. The van der Waals surface area contributed by atoms with Crippen LogP contribution in [-0.4, -0.2) is 65.3 Å². The fraction of sp³-hybridized carbons (Fsp3) is 0.333. The Morgan fingerprint density at radius 1 is 1.11 bits per heavy atom. The van der Waals surface area contributed by atoms with Crippen molar-refractivity contribution in [2.24, 2.45) is 4.99 Å². The number of aliphatic imine (C=N–C) groups is 1. The number of guanidine groups is 1. The van der Waals surface area contributed by atoms with Crippen LogP contribution in [0.2, 0.25) is 0 Å². The van der Waals surface area contributed by atoms with E-state index in [4.69, 9.17) is 4.99 Å². The highest BCUT2D eigenvalue weighted by atomic mass is 32.2. The van der Waals surface area contributed by atoms with Gasteiger partial charge in [-0.2, -0.15) is 9.49 Å². The van der Waals surface area contributed by atoms with Gasteiger partial charge in [-0.1, -0.05) is 30.3 Å². The van der Waals surface area contributed by atoms with Crippen LogP contribution >= 0.6 is 0 Å². The third-order valence-corrected chi connectivity index (χ3v) is 7.97. The zero-order chi connectivity index (χ0) is 24.5. The van der Waals surface area contributed by atoms with Crippen molar-refractivity contribution < 1.29 is 17.6 Å². The summed E-state index contributed by atoms with van der Waals surface area (Å²) in [4.78, 5) is 25.3. The second-order valence-electron chi connectivity index (χ2n) is 9.20. The first-order valence-corrected chi connectivity index (χ1v) is 13.3. The molecule has 180 valence electrons. The molecule has 11 heteroatoms. The molecule has 1 aromatic carbocycles. The molecule has 1 aliphatic carbocycles. The van der Waals surface area contributed by atoms with Gasteiger partial charge in [0.05, 0.1) is 24.3 Å². The molecule has 4 heterocycles. The van der Waals surface area contributed by atoms with Crippen LogP contribution < -0.4 is 4.90 Å². The van der Waals surface area contributed by atoms with E-state index in [9.17, 15) is 17.6 Å². The number of aromatic nitrogens is 3. The number of amides is 1. The van der Waals surface area contributed by atoms with Gasteiger partial charge in [-0.05, 0) is 37.0 Å². The van der Waals surface area contributed by atoms with Crippen LogP contribution in [-0.2, 0) is 16.4 Å². The van der Waals surface area contributed by atoms with Crippen molar-refractivity contribution in [2.75, 3.05) is 18.2 Å². The molecule has 1 amide bonds. The number of benzene rings is 1. The largest absolute Gasteiger partial charge is 0.289 e. The summed E-state index contributed by atoms with van der Waals surface area (Å²) >= 11 is 0. The van der Waals surface area contributed by atoms with Gasteiger partial charge >= 0.3 is 0 Å². The Labute approximate surface area is 201 Å². The van der Waals surface area contributed by atoms with Gasteiger partial charge in [-0.3, -0.25) is 14.6 Å². The fourth-order valence-electron chi connectivity index (χ4n) is 5.29. The summed E-state index contributed by atoms with van der Waals surface area (Å²) in [6, 6.07) is 12.0. The summed E-state index contributed by atoms with van der Waals surface area (Å²) < 4.78 is 40.7. The number of fused-ring (bicyclic) bond motifs is 5. The molecule has 3 aromatic rings. The number of carbonyl (C=O) groups excluding carboxylic acids is 1. The molecule has 2 atom stereocenters. The first-order chi connectivity index (χ1) is 16.7. The maximum Gasteiger partial charge on any atom is 0.267 e. The highest BCUT2D eigenvalue weighted by Gasteiger charge is 2.50. The molecule has 3 aliphatic rings. The number of rotatable bonds is 4. The first-order valence-electron chi connectivity index (χ1n) is 11.4. The van der Waals surface area contributed by atoms with Crippen LogP contribution in [0, 0.1) is 5.95 Å². The predicted octanol–water partition coefficient (Wildman–Crippen LogP) is 2.72. The van der Waals surface area contributed by atoms with Gasteiger partial charge in [-0.15, -0.1) is 0 Å². The summed E-state index contributed by atoms with van der Waals surface area (Å²) in [7, 11) is -2.15. The lowest BCUT2D eigenvalue weighted by Gasteiger charge is -2.33. The average Bonchev–Trinajstić information content (AvgIpc) is 3.50. The van der Waals surface area contributed by atoms with Gasteiger partial charge in [0, 0.05) is 18.9 Å². The molecule has 1 saturated carbocycles. The molecule has 0 saturated heterocycles. The summed E-state index contributed by atoms with van der Waals surface area (Å²) in [5, 5.41) is 4.57. The molecule has 1 fully saturated rings. The van der Waals surface area contributed by atoms with Crippen LogP contribution in [0.3, 0.4) is 0 Å². The lowest BCUT2D eigenvalue weighted by atomic mass is 10.1. The molecule has 0 bridgehead atoms. The lowest BCUT2D eigenvalue weighted by molar-refractivity contribution is 0.0861. The second-order valence-corrected chi connectivity index (χ2v) is 11.1. The quantitative estimate of drug-likeness (QED) is 0.517. The van der Waals surface area contributed by atoms with Crippen molar-refractivity contribution in [3.05, 3.63) is 59.5 Å².